The van der Waals surface area contributed by atoms with Crippen LogP contribution in [0.3, 0.4) is 0 Å². The Morgan fingerprint density at radius 1 is 1.37 bits per heavy atom. The van der Waals surface area contributed by atoms with Crippen LogP contribution in [0.5, 0.6) is 0 Å². The van der Waals surface area contributed by atoms with Crippen molar-refractivity contribution < 1.29 is 4.79 Å². The van der Waals surface area contributed by atoms with E-state index < -0.39 is 0 Å². The van der Waals surface area contributed by atoms with Crippen molar-refractivity contribution >= 4 is 29.3 Å². The van der Waals surface area contributed by atoms with Crippen LogP contribution in [-0.4, -0.2) is 10.5 Å². The number of primary amides is 1. The van der Waals surface area contributed by atoms with Gasteiger partial charge in [0.1, 0.15) is 0 Å². The maximum atomic E-state index is 11.5. The molecule has 0 atom stereocenters. The number of benzene rings is 1. The quantitative estimate of drug-likeness (QED) is 0.941. The van der Waals surface area contributed by atoms with Gasteiger partial charge in [-0.2, -0.15) is 0 Å². The topological polar surface area (TPSA) is 48.0 Å². The molecule has 0 saturated heterocycles. The first kappa shape index (κ1) is 14.0. The smallest absolute Gasteiger partial charge is 0.250 e. The van der Waals surface area contributed by atoms with Gasteiger partial charge in [-0.1, -0.05) is 29.4 Å². The molecule has 0 unspecified atom stereocenters. The van der Waals surface area contributed by atoms with Gasteiger partial charge in [-0.15, -0.1) is 0 Å². The Morgan fingerprint density at radius 3 is 2.58 bits per heavy atom. The number of nitrogens with zero attached hydrogens (tertiary/aromatic N) is 1. The number of aromatic nitrogens is 1. The van der Waals surface area contributed by atoms with Crippen molar-refractivity contribution in [1.29, 1.82) is 0 Å². The molecule has 1 aromatic heterocycles. The van der Waals surface area contributed by atoms with Gasteiger partial charge in [0.15, 0.2) is 0 Å². The van der Waals surface area contributed by atoms with Crippen LogP contribution in [0, 0.1) is 13.8 Å². The maximum absolute atomic E-state index is 11.5. The summed E-state index contributed by atoms with van der Waals surface area (Å²) in [7, 11) is 1.93. The molecule has 0 bridgehead atoms. The van der Waals surface area contributed by atoms with Gasteiger partial charge in [-0.05, 0) is 37.6 Å². The molecule has 5 heteroatoms. The highest BCUT2D eigenvalue weighted by Gasteiger charge is 2.19. The minimum Gasteiger partial charge on any atom is -0.366 e. The highest BCUT2D eigenvalue weighted by molar-refractivity contribution is 7.99. The number of carbonyl (C=O) groups is 1. The van der Waals surface area contributed by atoms with Crippen LogP contribution in [0.2, 0.25) is 5.02 Å². The lowest BCUT2D eigenvalue weighted by Gasteiger charge is -2.06. The number of halogens is 1. The monoisotopic (exact) mass is 294 g/mol. The SMILES string of the molecule is Cc1c(C(N)=O)c(C)n(C)c1Sc1cccc(Cl)c1. The number of rotatable bonds is 3. The zero-order chi connectivity index (χ0) is 14.2. The number of amides is 1. The molecule has 19 heavy (non-hydrogen) atoms. The van der Waals surface area contributed by atoms with Gasteiger partial charge in [0.2, 0.25) is 0 Å². The lowest BCUT2D eigenvalue weighted by molar-refractivity contribution is 0.0999. The summed E-state index contributed by atoms with van der Waals surface area (Å²) in [6.45, 7) is 3.81. The molecule has 2 N–H and O–H groups in total. The van der Waals surface area contributed by atoms with E-state index in [-0.39, 0.29) is 5.91 Å². The molecular formula is C14H15ClN2OS. The Balaban J connectivity index is 2.47. The zero-order valence-electron chi connectivity index (χ0n) is 11.0. The molecule has 0 fully saturated rings. The van der Waals surface area contributed by atoms with E-state index in [0.717, 1.165) is 21.2 Å². The first-order valence-electron chi connectivity index (χ1n) is 5.81. The molecule has 0 aliphatic carbocycles. The van der Waals surface area contributed by atoms with Crippen molar-refractivity contribution in [2.24, 2.45) is 12.8 Å². The predicted octanol–water partition coefficient (Wildman–Crippen LogP) is 3.55. The van der Waals surface area contributed by atoms with Crippen LogP contribution < -0.4 is 5.73 Å². The summed E-state index contributed by atoms with van der Waals surface area (Å²) in [5.74, 6) is -0.386. The molecule has 0 aliphatic rings. The Morgan fingerprint density at radius 2 is 2.05 bits per heavy atom. The van der Waals surface area contributed by atoms with Crippen molar-refractivity contribution in [3.63, 3.8) is 0 Å². The van der Waals surface area contributed by atoms with Gasteiger partial charge in [-0.25, -0.2) is 0 Å². The summed E-state index contributed by atoms with van der Waals surface area (Å²) in [5, 5.41) is 1.71. The van der Waals surface area contributed by atoms with Crippen LogP contribution in [0.15, 0.2) is 34.2 Å². The van der Waals surface area contributed by atoms with E-state index in [1.165, 1.54) is 0 Å². The maximum Gasteiger partial charge on any atom is 0.250 e. The van der Waals surface area contributed by atoms with Crippen LogP contribution >= 0.6 is 23.4 Å². The Bertz CT molecular complexity index is 649. The molecule has 0 aliphatic heterocycles. The number of carbonyl (C=O) groups excluding carboxylic acids is 1. The molecular weight excluding hydrogens is 280 g/mol. The van der Waals surface area contributed by atoms with Crippen LogP contribution in [0.1, 0.15) is 21.6 Å². The third-order valence-corrected chi connectivity index (χ3v) is 4.62. The van der Waals surface area contributed by atoms with Gasteiger partial charge < -0.3 is 10.3 Å². The van der Waals surface area contributed by atoms with E-state index in [0.29, 0.717) is 10.6 Å². The Kier molecular flexibility index (Phi) is 3.92. The normalized spacial score (nSPS) is 10.7. The molecule has 1 heterocycles. The van der Waals surface area contributed by atoms with Crippen molar-refractivity contribution in [3.05, 3.63) is 46.1 Å². The molecule has 100 valence electrons. The van der Waals surface area contributed by atoms with E-state index in [9.17, 15) is 4.79 Å². The van der Waals surface area contributed by atoms with Crippen molar-refractivity contribution in [2.45, 2.75) is 23.8 Å². The summed E-state index contributed by atoms with van der Waals surface area (Å²) in [6, 6.07) is 7.63. The molecule has 2 rings (SSSR count). The number of hydrogen-bond donors (Lipinski definition) is 1. The summed E-state index contributed by atoms with van der Waals surface area (Å²) in [6.07, 6.45) is 0. The molecule has 1 aromatic carbocycles. The minimum absolute atomic E-state index is 0.386. The molecule has 1 amide bonds. The Labute approximate surface area is 121 Å². The summed E-state index contributed by atoms with van der Waals surface area (Å²) in [4.78, 5) is 12.5. The van der Waals surface area contributed by atoms with Crippen LogP contribution in [0.25, 0.3) is 0 Å². The highest BCUT2D eigenvalue weighted by Crippen LogP contribution is 2.35. The Hall–Kier alpha value is -1.39. The molecule has 0 saturated carbocycles. The second-order valence-corrected chi connectivity index (χ2v) is 5.87. The first-order valence-corrected chi connectivity index (χ1v) is 7.00. The minimum atomic E-state index is -0.386. The van der Waals surface area contributed by atoms with Gasteiger partial charge >= 0.3 is 0 Å². The predicted molar refractivity (Wildman–Crippen MR) is 79.0 cm³/mol. The molecule has 0 radical (unpaired) electrons. The highest BCUT2D eigenvalue weighted by atomic mass is 35.5. The second kappa shape index (κ2) is 5.31. The first-order chi connectivity index (χ1) is 8.91. The van der Waals surface area contributed by atoms with Crippen molar-refractivity contribution in [1.82, 2.24) is 4.57 Å². The van der Waals surface area contributed by atoms with E-state index in [1.54, 1.807) is 11.8 Å². The van der Waals surface area contributed by atoms with E-state index in [4.69, 9.17) is 17.3 Å². The summed E-state index contributed by atoms with van der Waals surface area (Å²) < 4.78 is 1.99. The largest absolute Gasteiger partial charge is 0.366 e. The van der Waals surface area contributed by atoms with E-state index in [2.05, 4.69) is 0 Å². The van der Waals surface area contributed by atoms with E-state index >= 15 is 0 Å². The van der Waals surface area contributed by atoms with Crippen LogP contribution in [-0.2, 0) is 7.05 Å². The zero-order valence-corrected chi connectivity index (χ0v) is 12.6. The standard InChI is InChI=1S/C14H15ClN2OS/c1-8-12(13(16)18)9(2)17(3)14(8)19-11-6-4-5-10(15)7-11/h4-7H,1-3H3,(H2,16,18). The van der Waals surface area contributed by atoms with E-state index in [1.807, 2.05) is 49.7 Å². The van der Waals surface area contributed by atoms with Crippen molar-refractivity contribution in [3.8, 4) is 0 Å². The van der Waals surface area contributed by atoms with Gasteiger partial charge in [0.05, 0.1) is 10.6 Å². The summed E-state index contributed by atoms with van der Waals surface area (Å²) >= 11 is 7.56. The number of nitrogens with two attached hydrogens (primary N) is 1. The lowest BCUT2D eigenvalue weighted by Crippen LogP contribution is -2.13. The fourth-order valence-corrected chi connectivity index (χ4v) is 3.44. The van der Waals surface area contributed by atoms with Gasteiger partial charge in [0.25, 0.3) is 5.91 Å². The molecule has 0 spiro atoms. The average molecular weight is 295 g/mol. The lowest BCUT2D eigenvalue weighted by atomic mass is 10.1. The third kappa shape index (κ3) is 2.65. The van der Waals surface area contributed by atoms with Gasteiger partial charge in [0, 0.05) is 22.7 Å². The molecule has 3 nitrogen and oxygen atoms in total. The van der Waals surface area contributed by atoms with Gasteiger partial charge in [-0.3, -0.25) is 4.79 Å². The number of hydrogen-bond acceptors (Lipinski definition) is 2. The van der Waals surface area contributed by atoms with Crippen molar-refractivity contribution in [2.75, 3.05) is 0 Å². The second-order valence-electron chi connectivity index (χ2n) is 4.37. The summed E-state index contributed by atoms with van der Waals surface area (Å²) in [5.41, 5.74) is 7.83. The third-order valence-electron chi connectivity index (χ3n) is 3.12. The fourth-order valence-electron chi connectivity index (χ4n) is 2.10. The van der Waals surface area contributed by atoms with Crippen LogP contribution in [0.4, 0.5) is 0 Å². The molecule has 2 aromatic rings. The average Bonchev–Trinajstić information content (AvgIpc) is 2.53. The fraction of sp³-hybridized carbons (Fsp3) is 0.214.